The Morgan fingerprint density at radius 1 is 1.28 bits per heavy atom. The van der Waals surface area contributed by atoms with Gasteiger partial charge >= 0.3 is 5.97 Å². The van der Waals surface area contributed by atoms with Crippen molar-refractivity contribution in [3.05, 3.63) is 53.3 Å². The van der Waals surface area contributed by atoms with Crippen LogP contribution >= 0.6 is 0 Å². The number of carbonyl (C=O) groups is 1. The second-order valence-corrected chi connectivity index (χ2v) is 4.06. The summed E-state index contributed by atoms with van der Waals surface area (Å²) in [5, 5.41) is 9.13. The molecule has 0 aliphatic carbocycles. The number of methoxy groups -OCH3 is 1. The molecule has 0 saturated carbocycles. The summed E-state index contributed by atoms with van der Waals surface area (Å²) in [4.78, 5) is 11.1. The van der Waals surface area contributed by atoms with Crippen molar-refractivity contribution in [1.29, 1.82) is 0 Å². The van der Waals surface area contributed by atoms with Crippen molar-refractivity contribution in [2.45, 2.75) is 13.5 Å². The van der Waals surface area contributed by atoms with Gasteiger partial charge in [0, 0.05) is 11.3 Å². The van der Waals surface area contributed by atoms with Crippen molar-refractivity contribution < 1.29 is 14.6 Å². The normalized spacial score (nSPS) is 10.3. The first-order chi connectivity index (χ1) is 8.63. The molecule has 0 amide bonds. The van der Waals surface area contributed by atoms with Crippen LogP contribution in [0.2, 0.25) is 0 Å². The van der Waals surface area contributed by atoms with E-state index in [0.29, 0.717) is 12.2 Å². The molecule has 0 fully saturated rings. The Kier molecular flexibility index (Phi) is 3.37. The fraction of sp³-hybridized carbons (Fsp3) is 0.214. The van der Waals surface area contributed by atoms with Crippen molar-refractivity contribution in [1.82, 2.24) is 4.57 Å². The second-order valence-electron chi connectivity index (χ2n) is 4.06. The topological polar surface area (TPSA) is 51.5 Å². The molecular weight excluding hydrogens is 230 g/mol. The Hall–Kier alpha value is -2.23. The van der Waals surface area contributed by atoms with Crippen molar-refractivity contribution in [2.75, 3.05) is 7.11 Å². The van der Waals surface area contributed by atoms with E-state index in [2.05, 4.69) is 0 Å². The largest absolute Gasteiger partial charge is 0.496 e. The summed E-state index contributed by atoms with van der Waals surface area (Å²) in [6.07, 6.45) is 0. The van der Waals surface area contributed by atoms with Crippen molar-refractivity contribution in [3.63, 3.8) is 0 Å². The van der Waals surface area contributed by atoms with Crippen LogP contribution in [0.1, 0.15) is 21.7 Å². The summed E-state index contributed by atoms with van der Waals surface area (Å²) in [5.41, 5.74) is 2.17. The van der Waals surface area contributed by atoms with E-state index >= 15 is 0 Å². The zero-order chi connectivity index (χ0) is 13.1. The van der Waals surface area contributed by atoms with Crippen LogP contribution < -0.4 is 4.74 Å². The Bertz CT molecular complexity index is 572. The Morgan fingerprint density at radius 2 is 2.00 bits per heavy atom. The maximum Gasteiger partial charge on any atom is 0.352 e. The fourth-order valence-electron chi connectivity index (χ4n) is 1.97. The molecule has 0 spiro atoms. The minimum absolute atomic E-state index is 0.290. The van der Waals surface area contributed by atoms with Gasteiger partial charge in [-0.25, -0.2) is 4.79 Å². The van der Waals surface area contributed by atoms with Gasteiger partial charge in [0.1, 0.15) is 11.4 Å². The van der Waals surface area contributed by atoms with E-state index in [1.807, 2.05) is 31.2 Å². The van der Waals surface area contributed by atoms with Gasteiger partial charge in [-0.15, -0.1) is 0 Å². The average Bonchev–Trinajstić information content (AvgIpc) is 2.72. The Labute approximate surface area is 105 Å². The summed E-state index contributed by atoms with van der Waals surface area (Å²) in [6.45, 7) is 2.38. The summed E-state index contributed by atoms with van der Waals surface area (Å²) in [6, 6.07) is 11.0. The van der Waals surface area contributed by atoms with E-state index in [4.69, 9.17) is 9.84 Å². The molecule has 0 aliphatic rings. The number of carboxylic acid groups (broad SMARTS) is 1. The monoisotopic (exact) mass is 245 g/mol. The van der Waals surface area contributed by atoms with E-state index in [9.17, 15) is 4.79 Å². The third-order valence-corrected chi connectivity index (χ3v) is 2.94. The first-order valence-corrected chi connectivity index (χ1v) is 5.65. The van der Waals surface area contributed by atoms with Crippen LogP contribution in [-0.4, -0.2) is 22.8 Å². The molecule has 1 N–H and O–H groups in total. The quantitative estimate of drug-likeness (QED) is 0.900. The van der Waals surface area contributed by atoms with Crippen LogP contribution in [-0.2, 0) is 6.54 Å². The second kappa shape index (κ2) is 4.96. The van der Waals surface area contributed by atoms with Gasteiger partial charge in [0.15, 0.2) is 0 Å². The van der Waals surface area contributed by atoms with E-state index in [1.54, 1.807) is 23.8 Å². The zero-order valence-corrected chi connectivity index (χ0v) is 10.4. The number of aryl methyl sites for hydroxylation is 1. The lowest BCUT2D eigenvalue weighted by Gasteiger charge is -2.12. The van der Waals surface area contributed by atoms with Gasteiger partial charge in [-0.05, 0) is 25.1 Å². The van der Waals surface area contributed by atoms with E-state index in [1.165, 1.54) is 0 Å². The zero-order valence-electron chi connectivity index (χ0n) is 10.4. The van der Waals surface area contributed by atoms with Crippen LogP contribution in [0.3, 0.4) is 0 Å². The van der Waals surface area contributed by atoms with Crippen LogP contribution in [0, 0.1) is 6.92 Å². The maximum atomic E-state index is 11.1. The van der Waals surface area contributed by atoms with Crippen molar-refractivity contribution in [3.8, 4) is 5.75 Å². The van der Waals surface area contributed by atoms with Gasteiger partial charge in [-0.1, -0.05) is 18.2 Å². The predicted molar refractivity (Wildman–Crippen MR) is 68.2 cm³/mol. The number of hydrogen-bond acceptors (Lipinski definition) is 2. The average molecular weight is 245 g/mol. The molecule has 2 aromatic rings. The molecule has 0 unspecified atom stereocenters. The lowest BCUT2D eigenvalue weighted by Crippen LogP contribution is -2.11. The highest BCUT2D eigenvalue weighted by Gasteiger charge is 2.13. The number of nitrogens with zero attached hydrogens (tertiary/aromatic N) is 1. The Morgan fingerprint density at radius 3 is 2.67 bits per heavy atom. The van der Waals surface area contributed by atoms with Crippen LogP contribution in [0.4, 0.5) is 0 Å². The smallest absolute Gasteiger partial charge is 0.352 e. The summed E-state index contributed by atoms with van der Waals surface area (Å²) < 4.78 is 7.04. The van der Waals surface area contributed by atoms with Gasteiger partial charge in [0.05, 0.1) is 13.7 Å². The number of hydrogen-bond donors (Lipinski definition) is 1. The number of benzene rings is 1. The van der Waals surface area contributed by atoms with Crippen LogP contribution in [0.25, 0.3) is 0 Å². The van der Waals surface area contributed by atoms with Crippen LogP contribution in [0.15, 0.2) is 36.4 Å². The van der Waals surface area contributed by atoms with Crippen LogP contribution in [0.5, 0.6) is 5.75 Å². The van der Waals surface area contributed by atoms with E-state index < -0.39 is 5.97 Å². The van der Waals surface area contributed by atoms with Gasteiger partial charge in [0.2, 0.25) is 0 Å². The molecule has 4 nitrogen and oxygen atoms in total. The molecule has 94 valence electrons. The number of para-hydroxylation sites is 1. The SMILES string of the molecule is COc1ccccc1Cn1c(C)ccc1C(=O)O. The van der Waals surface area contributed by atoms with E-state index in [0.717, 1.165) is 17.0 Å². The van der Waals surface area contributed by atoms with Gasteiger partial charge in [-0.3, -0.25) is 0 Å². The molecule has 1 heterocycles. The minimum atomic E-state index is -0.919. The molecule has 0 bridgehead atoms. The molecule has 0 aliphatic heterocycles. The van der Waals surface area contributed by atoms with Crippen molar-refractivity contribution >= 4 is 5.97 Å². The van der Waals surface area contributed by atoms with Gasteiger partial charge < -0.3 is 14.4 Å². The number of rotatable bonds is 4. The third kappa shape index (κ3) is 2.22. The minimum Gasteiger partial charge on any atom is -0.496 e. The lowest BCUT2D eigenvalue weighted by molar-refractivity contribution is 0.0685. The number of aromatic carboxylic acids is 1. The van der Waals surface area contributed by atoms with Crippen molar-refractivity contribution in [2.24, 2.45) is 0 Å². The molecule has 1 aromatic heterocycles. The first-order valence-electron chi connectivity index (χ1n) is 5.65. The molecule has 4 heteroatoms. The molecule has 0 atom stereocenters. The maximum absolute atomic E-state index is 11.1. The summed E-state index contributed by atoms with van der Waals surface area (Å²) in [7, 11) is 1.61. The number of carboxylic acids is 1. The predicted octanol–water partition coefficient (Wildman–Crippen LogP) is 2.55. The highest BCUT2D eigenvalue weighted by Crippen LogP contribution is 2.20. The van der Waals surface area contributed by atoms with E-state index in [-0.39, 0.29) is 0 Å². The molecule has 1 aromatic carbocycles. The molecule has 2 rings (SSSR count). The van der Waals surface area contributed by atoms with Gasteiger partial charge in [0.25, 0.3) is 0 Å². The summed E-state index contributed by atoms with van der Waals surface area (Å²) in [5.74, 6) is -0.153. The third-order valence-electron chi connectivity index (χ3n) is 2.94. The summed E-state index contributed by atoms with van der Waals surface area (Å²) >= 11 is 0. The first kappa shape index (κ1) is 12.2. The highest BCUT2D eigenvalue weighted by molar-refractivity contribution is 5.86. The highest BCUT2D eigenvalue weighted by atomic mass is 16.5. The standard InChI is InChI=1S/C14H15NO3/c1-10-7-8-12(14(16)17)15(10)9-11-5-3-4-6-13(11)18-2/h3-8H,9H2,1-2H3,(H,16,17). The lowest BCUT2D eigenvalue weighted by atomic mass is 10.2. The number of aromatic nitrogens is 1. The molecule has 0 saturated heterocycles. The fourth-order valence-corrected chi connectivity index (χ4v) is 1.97. The molecule has 18 heavy (non-hydrogen) atoms. The van der Waals surface area contributed by atoms with Gasteiger partial charge in [-0.2, -0.15) is 0 Å². The Balaban J connectivity index is 2.39. The molecule has 0 radical (unpaired) electrons. The molecular formula is C14H15NO3. The number of ether oxygens (including phenoxy) is 1.